The Morgan fingerprint density at radius 1 is 1.23 bits per heavy atom. The number of para-hydroxylation sites is 1. The third kappa shape index (κ3) is 3.52. The lowest BCUT2D eigenvalue weighted by Gasteiger charge is -2.40. The summed E-state index contributed by atoms with van der Waals surface area (Å²) in [5.41, 5.74) is 0.108. The van der Waals surface area contributed by atoms with E-state index in [-0.39, 0.29) is 11.7 Å². The van der Waals surface area contributed by atoms with Crippen LogP contribution in [0.2, 0.25) is 0 Å². The monoisotopic (exact) mass is 299 g/mol. The van der Waals surface area contributed by atoms with Gasteiger partial charge in [-0.15, -0.1) is 0 Å². The molecule has 0 amide bonds. The summed E-state index contributed by atoms with van der Waals surface area (Å²) < 4.78 is 6.05. The van der Waals surface area contributed by atoms with E-state index in [4.69, 9.17) is 4.74 Å². The van der Waals surface area contributed by atoms with Gasteiger partial charge in [0.2, 0.25) is 0 Å². The fraction of sp³-hybridized carbons (Fsp3) is 0.333. The minimum absolute atomic E-state index is 0.0666. The first kappa shape index (κ1) is 16.2. The molecule has 1 aromatic carbocycles. The Morgan fingerprint density at radius 2 is 1.86 bits per heavy atom. The Labute approximate surface area is 131 Å². The fourth-order valence-corrected chi connectivity index (χ4v) is 2.28. The highest BCUT2D eigenvalue weighted by Crippen LogP contribution is 2.29. The van der Waals surface area contributed by atoms with E-state index in [0.29, 0.717) is 6.61 Å². The zero-order valence-electron chi connectivity index (χ0n) is 12.9. The number of likely N-dealkylation sites (N-methyl/N-ethyl adjacent to an activating group) is 1. The third-order valence-corrected chi connectivity index (χ3v) is 3.89. The quantitative estimate of drug-likeness (QED) is 0.574. The predicted octanol–water partition coefficient (Wildman–Crippen LogP) is 2.76. The van der Waals surface area contributed by atoms with Crippen molar-refractivity contribution >= 4 is 17.8 Å². The molecular weight excluding hydrogens is 278 g/mol. The molecule has 1 atom stereocenters. The van der Waals surface area contributed by atoms with Gasteiger partial charge in [-0.2, -0.15) is 0 Å². The van der Waals surface area contributed by atoms with E-state index in [1.165, 1.54) is 12.2 Å². The van der Waals surface area contributed by atoms with Crippen molar-refractivity contribution in [3.8, 4) is 0 Å². The van der Waals surface area contributed by atoms with Gasteiger partial charge < -0.3 is 14.4 Å². The van der Waals surface area contributed by atoms with Crippen LogP contribution in [-0.4, -0.2) is 31.4 Å². The predicted molar refractivity (Wildman–Crippen MR) is 86.7 cm³/mol. The van der Waals surface area contributed by atoms with E-state index in [1.807, 2.05) is 49.2 Å². The molecule has 0 saturated carbocycles. The summed E-state index contributed by atoms with van der Waals surface area (Å²) in [5.74, 6) is -0.219. The highest BCUT2D eigenvalue weighted by molar-refractivity contribution is 6.00. The highest BCUT2D eigenvalue weighted by Gasteiger charge is 2.33. The lowest BCUT2D eigenvalue weighted by Crippen LogP contribution is -2.48. The molecule has 1 aliphatic carbocycles. The lowest BCUT2D eigenvalue weighted by molar-refractivity contribution is -0.115. The number of ketones is 1. The largest absolute Gasteiger partial charge is 0.348 e. The molecule has 1 aromatic rings. The minimum atomic E-state index is -0.855. The van der Waals surface area contributed by atoms with E-state index in [0.717, 1.165) is 18.4 Å². The topological polar surface area (TPSA) is 46.6 Å². The molecule has 1 aliphatic rings. The van der Waals surface area contributed by atoms with Gasteiger partial charge in [-0.1, -0.05) is 25.1 Å². The Kier molecular flexibility index (Phi) is 5.28. The van der Waals surface area contributed by atoms with Crippen molar-refractivity contribution in [1.82, 2.24) is 0 Å². The summed E-state index contributed by atoms with van der Waals surface area (Å²) >= 11 is 0. The first-order valence-corrected chi connectivity index (χ1v) is 7.42. The Bertz CT molecular complexity index is 561. The maximum Gasteiger partial charge on any atom is 0.180 e. The molecule has 4 heteroatoms. The van der Waals surface area contributed by atoms with Crippen LogP contribution in [0.4, 0.5) is 5.69 Å². The van der Waals surface area contributed by atoms with Gasteiger partial charge >= 0.3 is 0 Å². The summed E-state index contributed by atoms with van der Waals surface area (Å²) in [4.78, 5) is 24.4. The first-order valence-electron chi connectivity index (χ1n) is 7.42. The molecule has 2 rings (SSSR count). The van der Waals surface area contributed by atoms with E-state index < -0.39 is 5.72 Å². The number of nitrogens with zero attached hydrogens (tertiary/aromatic N) is 1. The molecule has 116 valence electrons. The number of carbonyl (C=O) groups is 2. The Morgan fingerprint density at radius 3 is 2.41 bits per heavy atom. The van der Waals surface area contributed by atoms with Crippen molar-refractivity contribution in [3.05, 3.63) is 54.6 Å². The van der Waals surface area contributed by atoms with Gasteiger partial charge in [0.15, 0.2) is 11.5 Å². The van der Waals surface area contributed by atoms with Crippen LogP contribution in [0.1, 0.15) is 13.3 Å². The lowest BCUT2D eigenvalue weighted by atomic mass is 10.0. The van der Waals surface area contributed by atoms with Gasteiger partial charge in [0.05, 0.1) is 6.61 Å². The van der Waals surface area contributed by atoms with Gasteiger partial charge in [0, 0.05) is 18.7 Å². The summed E-state index contributed by atoms with van der Waals surface area (Å²) in [7, 11) is 1.90. The summed E-state index contributed by atoms with van der Waals surface area (Å²) in [5, 5.41) is 0. The smallest absolute Gasteiger partial charge is 0.180 e. The van der Waals surface area contributed by atoms with E-state index >= 15 is 0 Å². The number of rotatable bonds is 7. The van der Waals surface area contributed by atoms with Gasteiger partial charge in [-0.3, -0.25) is 4.79 Å². The van der Waals surface area contributed by atoms with Crippen LogP contribution >= 0.6 is 0 Å². The van der Waals surface area contributed by atoms with Crippen LogP contribution in [0, 0.1) is 5.92 Å². The molecule has 4 nitrogen and oxygen atoms in total. The summed E-state index contributed by atoms with van der Waals surface area (Å²) in [6.45, 7) is 2.26. The molecular formula is C18H21NO3. The molecule has 0 aliphatic heterocycles. The average molecular weight is 299 g/mol. The molecule has 1 unspecified atom stereocenters. The van der Waals surface area contributed by atoms with Crippen molar-refractivity contribution in [3.63, 3.8) is 0 Å². The van der Waals surface area contributed by atoms with Crippen LogP contribution in [0.3, 0.4) is 0 Å². The van der Waals surface area contributed by atoms with Crippen LogP contribution < -0.4 is 4.90 Å². The summed E-state index contributed by atoms with van der Waals surface area (Å²) in [6.07, 6.45) is 8.11. The zero-order valence-corrected chi connectivity index (χ0v) is 12.9. The molecule has 0 spiro atoms. The van der Waals surface area contributed by atoms with Crippen molar-refractivity contribution in [2.24, 2.45) is 5.92 Å². The standard InChI is InChI=1S/C18H21NO3/c1-3-15(13-20)14-22-18(11-9-17(21)10-12-18)19(2)16-7-5-4-6-8-16/h4-13,15H,3,14H2,1-2H3. The fourth-order valence-electron chi connectivity index (χ4n) is 2.28. The maximum atomic E-state index is 11.5. The molecule has 0 fully saturated rings. The van der Waals surface area contributed by atoms with Crippen LogP contribution in [-0.2, 0) is 14.3 Å². The number of benzene rings is 1. The number of carbonyl (C=O) groups excluding carboxylic acids is 2. The van der Waals surface area contributed by atoms with E-state index in [1.54, 1.807) is 12.2 Å². The third-order valence-electron chi connectivity index (χ3n) is 3.89. The SMILES string of the molecule is CCC(C=O)COC1(N(C)c2ccccc2)C=CC(=O)C=C1. The second kappa shape index (κ2) is 7.18. The molecule has 0 bridgehead atoms. The van der Waals surface area contributed by atoms with Crippen molar-refractivity contribution in [2.75, 3.05) is 18.6 Å². The van der Waals surface area contributed by atoms with Crippen molar-refractivity contribution < 1.29 is 14.3 Å². The maximum absolute atomic E-state index is 11.5. The zero-order chi connectivity index (χ0) is 16.0. The number of anilines is 1. The molecule has 22 heavy (non-hydrogen) atoms. The van der Waals surface area contributed by atoms with Crippen molar-refractivity contribution in [2.45, 2.75) is 19.1 Å². The van der Waals surface area contributed by atoms with E-state index in [2.05, 4.69) is 0 Å². The van der Waals surface area contributed by atoms with Crippen LogP contribution in [0.25, 0.3) is 0 Å². The average Bonchev–Trinajstić information content (AvgIpc) is 2.58. The molecule has 0 saturated heterocycles. The van der Waals surface area contributed by atoms with Gasteiger partial charge in [-0.25, -0.2) is 0 Å². The highest BCUT2D eigenvalue weighted by atomic mass is 16.5. The number of allylic oxidation sites excluding steroid dienone is 2. The second-order valence-electron chi connectivity index (χ2n) is 5.33. The second-order valence-corrected chi connectivity index (χ2v) is 5.33. The first-order chi connectivity index (χ1) is 10.6. The Hall–Kier alpha value is -2.20. The molecule has 0 radical (unpaired) electrons. The number of hydrogen-bond donors (Lipinski definition) is 0. The number of hydrogen-bond acceptors (Lipinski definition) is 4. The van der Waals surface area contributed by atoms with E-state index in [9.17, 15) is 9.59 Å². The molecule has 0 N–H and O–H groups in total. The van der Waals surface area contributed by atoms with Crippen LogP contribution in [0.5, 0.6) is 0 Å². The van der Waals surface area contributed by atoms with Crippen molar-refractivity contribution in [1.29, 1.82) is 0 Å². The number of ether oxygens (including phenoxy) is 1. The molecule has 0 heterocycles. The van der Waals surface area contributed by atoms with Gasteiger partial charge in [-0.05, 0) is 42.9 Å². The van der Waals surface area contributed by atoms with Gasteiger partial charge in [0.1, 0.15) is 6.29 Å². The summed E-state index contributed by atoms with van der Waals surface area (Å²) in [6, 6.07) is 9.78. The number of aldehydes is 1. The minimum Gasteiger partial charge on any atom is -0.348 e. The van der Waals surface area contributed by atoms with Crippen LogP contribution in [0.15, 0.2) is 54.6 Å². The van der Waals surface area contributed by atoms with Gasteiger partial charge in [0.25, 0.3) is 0 Å². The normalized spacial score (nSPS) is 17.3. The Balaban J connectivity index is 2.26. The molecule has 0 aromatic heterocycles.